The van der Waals surface area contributed by atoms with Crippen LogP contribution in [0.3, 0.4) is 0 Å². The Labute approximate surface area is 140 Å². The first kappa shape index (κ1) is 18.1. The molecule has 2 atom stereocenters. The van der Waals surface area contributed by atoms with E-state index in [2.05, 4.69) is 5.32 Å². The van der Waals surface area contributed by atoms with Crippen molar-refractivity contribution < 1.29 is 18.7 Å². The van der Waals surface area contributed by atoms with Crippen molar-refractivity contribution in [2.45, 2.75) is 38.3 Å². The van der Waals surface area contributed by atoms with Gasteiger partial charge in [0.15, 0.2) is 0 Å². The van der Waals surface area contributed by atoms with Crippen LogP contribution in [-0.2, 0) is 17.6 Å². The second-order valence-corrected chi connectivity index (χ2v) is 5.92. The number of halogens is 2. The average Bonchev–Trinajstić information content (AvgIpc) is 2.54. The lowest BCUT2D eigenvalue weighted by molar-refractivity contribution is -0.139. The molecule has 0 saturated carbocycles. The van der Waals surface area contributed by atoms with Crippen LogP contribution in [0.15, 0.2) is 48.5 Å². The molecule has 128 valence electrons. The molecule has 0 heterocycles. The monoisotopic (exact) mass is 333 g/mol. The van der Waals surface area contributed by atoms with Gasteiger partial charge in [-0.25, -0.2) is 8.78 Å². The fraction of sp³-hybridized carbons (Fsp3) is 0.316. The minimum Gasteiger partial charge on any atom is -0.480 e. The zero-order valence-corrected chi connectivity index (χ0v) is 13.5. The van der Waals surface area contributed by atoms with Crippen LogP contribution in [0.2, 0.25) is 0 Å². The Kier molecular flexibility index (Phi) is 6.44. The van der Waals surface area contributed by atoms with Crippen molar-refractivity contribution in [1.82, 2.24) is 5.32 Å². The van der Waals surface area contributed by atoms with Crippen LogP contribution >= 0.6 is 0 Å². The van der Waals surface area contributed by atoms with Crippen molar-refractivity contribution in [3.63, 3.8) is 0 Å². The van der Waals surface area contributed by atoms with Gasteiger partial charge in [0.2, 0.25) is 0 Å². The first-order chi connectivity index (χ1) is 11.5. The van der Waals surface area contributed by atoms with E-state index in [1.54, 1.807) is 0 Å². The number of rotatable bonds is 8. The highest BCUT2D eigenvalue weighted by Crippen LogP contribution is 2.13. The highest BCUT2D eigenvalue weighted by molar-refractivity contribution is 5.74. The Morgan fingerprint density at radius 3 is 2.50 bits per heavy atom. The maximum Gasteiger partial charge on any atom is 0.321 e. The summed E-state index contributed by atoms with van der Waals surface area (Å²) in [5.74, 6) is -2.09. The van der Waals surface area contributed by atoms with Crippen molar-refractivity contribution in [3.05, 3.63) is 71.3 Å². The molecular weight excluding hydrogens is 312 g/mol. The Morgan fingerprint density at radius 2 is 1.88 bits per heavy atom. The molecule has 0 bridgehead atoms. The van der Waals surface area contributed by atoms with Gasteiger partial charge in [-0.3, -0.25) is 4.79 Å². The van der Waals surface area contributed by atoms with Crippen LogP contribution < -0.4 is 5.32 Å². The van der Waals surface area contributed by atoms with Crippen LogP contribution in [0.1, 0.15) is 24.5 Å². The summed E-state index contributed by atoms with van der Waals surface area (Å²) < 4.78 is 26.5. The summed E-state index contributed by atoms with van der Waals surface area (Å²) >= 11 is 0. The number of benzene rings is 2. The summed E-state index contributed by atoms with van der Waals surface area (Å²) in [7, 11) is 0. The van der Waals surface area contributed by atoms with Crippen LogP contribution in [0.5, 0.6) is 0 Å². The maximum absolute atomic E-state index is 13.6. The third kappa shape index (κ3) is 5.42. The van der Waals surface area contributed by atoms with Gasteiger partial charge in [0, 0.05) is 12.1 Å². The molecule has 5 heteroatoms. The highest BCUT2D eigenvalue weighted by atomic mass is 19.1. The summed E-state index contributed by atoms with van der Waals surface area (Å²) in [6.07, 6.45) is 1.35. The zero-order valence-electron chi connectivity index (χ0n) is 13.5. The molecular formula is C19H21F2NO2. The molecule has 0 spiro atoms. The lowest BCUT2D eigenvalue weighted by Crippen LogP contribution is -2.43. The number of carbonyl (C=O) groups is 1. The van der Waals surface area contributed by atoms with E-state index in [9.17, 15) is 18.7 Å². The molecule has 0 aromatic heterocycles. The van der Waals surface area contributed by atoms with E-state index in [4.69, 9.17) is 0 Å². The summed E-state index contributed by atoms with van der Waals surface area (Å²) in [6, 6.07) is 12.1. The SMILES string of the molecule is CC(CCc1ccc(F)cc1F)N[C@H](Cc1ccccc1)C(=O)O. The normalized spacial score (nSPS) is 13.5. The maximum atomic E-state index is 13.6. The van der Waals surface area contributed by atoms with Crippen LogP contribution in [0.4, 0.5) is 8.78 Å². The summed E-state index contributed by atoms with van der Waals surface area (Å²) in [5.41, 5.74) is 1.37. The molecule has 3 nitrogen and oxygen atoms in total. The number of aliphatic carboxylic acids is 1. The predicted molar refractivity (Wildman–Crippen MR) is 88.8 cm³/mol. The third-order valence-electron chi connectivity index (χ3n) is 3.93. The molecule has 1 unspecified atom stereocenters. The molecule has 0 fully saturated rings. The standard InChI is InChI=1S/C19H21F2NO2/c1-13(7-8-15-9-10-16(20)12-17(15)21)22-18(19(23)24)11-14-5-3-2-4-6-14/h2-6,9-10,12-13,18,22H,7-8,11H2,1H3,(H,23,24)/t13?,18-/m1/s1. The number of nitrogens with one attached hydrogen (secondary N) is 1. The predicted octanol–water partition coefficient (Wildman–Crippen LogP) is 3.57. The molecule has 0 saturated heterocycles. The molecule has 0 aliphatic carbocycles. The van der Waals surface area contributed by atoms with Crippen LogP contribution in [0, 0.1) is 11.6 Å². The number of carboxylic acid groups (broad SMARTS) is 1. The number of aryl methyl sites for hydroxylation is 1. The summed E-state index contributed by atoms with van der Waals surface area (Å²) in [6.45, 7) is 1.86. The van der Waals surface area contributed by atoms with E-state index >= 15 is 0 Å². The average molecular weight is 333 g/mol. The summed E-state index contributed by atoms with van der Waals surface area (Å²) in [5, 5.41) is 12.4. The Balaban J connectivity index is 1.90. The lowest BCUT2D eigenvalue weighted by atomic mass is 10.0. The molecule has 0 radical (unpaired) electrons. The van der Waals surface area contributed by atoms with E-state index < -0.39 is 23.6 Å². The van der Waals surface area contributed by atoms with E-state index in [0.29, 0.717) is 24.8 Å². The van der Waals surface area contributed by atoms with Gasteiger partial charge in [-0.05, 0) is 43.4 Å². The Hall–Kier alpha value is -2.27. The summed E-state index contributed by atoms with van der Waals surface area (Å²) in [4.78, 5) is 11.4. The van der Waals surface area contributed by atoms with Crippen LogP contribution in [-0.4, -0.2) is 23.2 Å². The van der Waals surface area contributed by atoms with Gasteiger partial charge in [-0.1, -0.05) is 36.4 Å². The fourth-order valence-corrected chi connectivity index (χ4v) is 2.59. The molecule has 2 rings (SSSR count). The number of hydrogen-bond donors (Lipinski definition) is 2. The van der Waals surface area contributed by atoms with Crippen molar-refractivity contribution in [2.24, 2.45) is 0 Å². The molecule has 2 aromatic carbocycles. The molecule has 24 heavy (non-hydrogen) atoms. The molecule has 2 N–H and O–H groups in total. The van der Waals surface area contributed by atoms with Gasteiger partial charge in [0.25, 0.3) is 0 Å². The van der Waals surface area contributed by atoms with Gasteiger partial charge in [0.05, 0.1) is 0 Å². The zero-order chi connectivity index (χ0) is 17.5. The van der Waals surface area contributed by atoms with E-state index in [1.807, 2.05) is 37.3 Å². The minimum absolute atomic E-state index is 0.112. The van der Waals surface area contributed by atoms with Gasteiger partial charge >= 0.3 is 5.97 Å². The minimum atomic E-state index is -0.918. The number of carboxylic acids is 1. The van der Waals surface area contributed by atoms with E-state index in [0.717, 1.165) is 11.6 Å². The Morgan fingerprint density at radius 1 is 1.17 bits per heavy atom. The van der Waals surface area contributed by atoms with Gasteiger partial charge in [-0.15, -0.1) is 0 Å². The van der Waals surface area contributed by atoms with Gasteiger partial charge < -0.3 is 10.4 Å². The Bertz CT molecular complexity index is 676. The quantitative estimate of drug-likeness (QED) is 0.776. The number of hydrogen-bond acceptors (Lipinski definition) is 2. The molecule has 2 aromatic rings. The van der Waals surface area contributed by atoms with Crippen molar-refractivity contribution >= 4 is 5.97 Å². The van der Waals surface area contributed by atoms with E-state index in [1.165, 1.54) is 12.1 Å². The third-order valence-corrected chi connectivity index (χ3v) is 3.93. The highest BCUT2D eigenvalue weighted by Gasteiger charge is 2.20. The molecule has 0 aliphatic heterocycles. The molecule has 0 aliphatic rings. The fourth-order valence-electron chi connectivity index (χ4n) is 2.59. The van der Waals surface area contributed by atoms with Crippen molar-refractivity contribution in [3.8, 4) is 0 Å². The first-order valence-electron chi connectivity index (χ1n) is 7.92. The lowest BCUT2D eigenvalue weighted by Gasteiger charge is -2.20. The van der Waals surface area contributed by atoms with Crippen LogP contribution in [0.25, 0.3) is 0 Å². The molecule has 0 amide bonds. The second-order valence-electron chi connectivity index (χ2n) is 5.92. The van der Waals surface area contributed by atoms with E-state index in [-0.39, 0.29) is 6.04 Å². The second kappa shape index (κ2) is 8.55. The van der Waals surface area contributed by atoms with Crippen molar-refractivity contribution in [2.75, 3.05) is 0 Å². The van der Waals surface area contributed by atoms with Crippen molar-refractivity contribution in [1.29, 1.82) is 0 Å². The smallest absolute Gasteiger partial charge is 0.321 e. The largest absolute Gasteiger partial charge is 0.480 e. The van der Waals surface area contributed by atoms with Gasteiger partial charge in [0.1, 0.15) is 17.7 Å². The topological polar surface area (TPSA) is 49.3 Å². The first-order valence-corrected chi connectivity index (χ1v) is 7.92. The van der Waals surface area contributed by atoms with Gasteiger partial charge in [-0.2, -0.15) is 0 Å².